The Morgan fingerprint density at radius 1 is 1.53 bits per heavy atom. The van der Waals surface area contributed by atoms with E-state index >= 15 is 0 Å². The zero-order valence-electron chi connectivity index (χ0n) is 8.74. The quantitative estimate of drug-likeness (QED) is 0.908. The highest BCUT2D eigenvalue weighted by molar-refractivity contribution is 9.10. The zero-order valence-corrected chi connectivity index (χ0v) is 10.3. The molecule has 0 saturated heterocycles. The first-order valence-electron chi connectivity index (χ1n) is 4.87. The maximum Gasteiger partial charge on any atom is 0.136 e. The van der Waals surface area contributed by atoms with Gasteiger partial charge in [-0.3, -0.25) is 4.68 Å². The summed E-state index contributed by atoms with van der Waals surface area (Å²) in [5.74, 6) is 0. The molecular weight excluding hydrogens is 256 g/mol. The van der Waals surface area contributed by atoms with E-state index in [0.717, 1.165) is 21.1 Å². The number of hydrogen-bond donors (Lipinski definition) is 1. The summed E-state index contributed by atoms with van der Waals surface area (Å²) in [4.78, 5) is 0. The molecule has 0 radical (unpaired) electrons. The zero-order chi connectivity index (χ0) is 11.0. The number of hydrogen-bond acceptors (Lipinski definition) is 2. The molecule has 80 valence electrons. The van der Waals surface area contributed by atoms with Gasteiger partial charge < -0.3 is 5.11 Å². The van der Waals surface area contributed by atoms with Gasteiger partial charge in [-0.25, -0.2) is 0 Å². The fraction of sp³-hybridized carbons (Fsp3) is 0.364. The molecule has 0 bridgehead atoms. The monoisotopic (exact) mass is 268 g/mol. The maximum atomic E-state index is 9.42. The first-order chi connectivity index (χ1) is 7.09. The van der Waals surface area contributed by atoms with Crippen molar-refractivity contribution in [1.82, 2.24) is 9.78 Å². The fourth-order valence-electron chi connectivity index (χ4n) is 1.82. The predicted molar refractivity (Wildman–Crippen MR) is 63.8 cm³/mol. The number of aromatic nitrogens is 2. The molecule has 2 rings (SSSR count). The van der Waals surface area contributed by atoms with E-state index in [0.29, 0.717) is 6.42 Å². The molecule has 0 aliphatic carbocycles. The molecule has 1 unspecified atom stereocenters. The molecule has 1 atom stereocenters. The molecule has 0 spiro atoms. The number of aryl methyl sites for hydroxylation is 1. The lowest BCUT2D eigenvalue weighted by atomic mass is 10.0. The summed E-state index contributed by atoms with van der Waals surface area (Å²) >= 11 is 3.44. The molecule has 3 nitrogen and oxygen atoms in total. The van der Waals surface area contributed by atoms with E-state index in [4.69, 9.17) is 0 Å². The van der Waals surface area contributed by atoms with Crippen LogP contribution in [0.3, 0.4) is 0 Å². The molecule has 1 aromatic carbocycles. The van der Waals surface area contributed by atoms with Crippen LogP contribution in [0.15, 0.2) is 22.8 Å². The van der Waals surface area contributed by atoms with Gasteiger partial charge in [-0.1, -0.05) is 12.1 Å². The highest BCUT2D eigenvalue weighted by atomic mass is 79.9. The third-order valence-corrected chi connectivity index (χ3v) is 2.99. The highest BCUT2D eigenvalue weighted by Crippen LogP contribution is 2.27. The van der Waals surface area contributed by atoms with E-state index in [-0.39, 0.29) is 6.10 Å². The van der Waals surface area contributed by atoms with Gasteiger partial charge in [-0.2, -0.15) is 5.10 Å². The summed E-state index contributed by atoms with van der Waals surface area (Å²) in [7, 11) is 1.92. The molecule has 0 fully saturated rings. The first-order valence-corrected chi connectivity index (χ1v) is 5.67. The Morgan fingerprint density at radius 3 is 2.93 bits per heavy atom. The summed E-state index contributed by atoms with van der Waals surface area (Å²) < 4.78 is 2.68. The number of benzene rings is 1. The Bertz CT molecular complexity index is 491. The maximum absolute atomic E-state index is 9.42. The summed E-state index contributed by atoms with van der Waals surface area (Å²) in [6.45, 7) is 1.79. The van der Waals surface area contributed by atoms with Crippen molar-refractivity contribution >= 4 is 26.8 Å². The van der Waals surface area contributed by atoms with Crippen LogP contribution in [-0.4, -0.2) is 21.0 Å². The largest absolute Gasteiger partial charge is 0.393 e. The average molecular weight is 269 g/mol. The Balaban J connectivity index is 2.64. The molecule has 1 N–H and O–H groups in total. The van der Waals surface area contributed by atoms with Crippen molar-refractivity contribution in [2.75, 3.05) is 0 Å². The van der Waals surface area contributed by atoms with Crippen molar-refractivity contribution in [2.24, 2.45) is 7.05 Å². The normalized spacial score (nSPS) is 13.3. The lowest BCUT2D eigenvalue weighted by Gasteiger charge is -2.05. The van der Waals surface area contributed by atoms with Crippen LogP contribution in [0.4, 0.5) is 0 Å². The number of aliphatic hydroxyl groups excluding tert-OH is 1. The predicted octanol–water partition coefficient (Wildman–Crippen LogP) is 2.26. The first kappa shape index (κ1) is 10.6. The third-order valence-electron chi connectivity index (χ3n) is 2.44. The molecule has 0 amide bonds. The molecule has 15 heavy (non-hydrogen) atoms. The van der Waals surface area contributed by atoms with Crippen molar-refractivity contribution < 1.29 is 5.11 Å². The second kappa shape index (κ2) is 3.94. The van der Waals surface area contributed by atoms with Gasteiger partial charge in [0, 0.05) is 12.4 Å². The minimum Gasteiger partial charge on any atom is -0.393 e. The van der Waals surface area contributed by atoms with E-state index in [1.807, 2.05) is 29.9 Å². The lowest BCUT2D eigenvalue weighted by Crippen LogP contribution is -2.04. The van der Waals surface area contributed by atoms with Crippen molar-refractivity contribution in [3.63, 3.8) is 0 Å². The van der Waals surface area contributed by atoms with Gasteiger partial charge in [0.2, 0.25) is 0 Å². The van der Waals surface area contributed by atoms with Gasteiger partial charge in [0.15, 0.2) is 0 Å². The third kappa shape index (κ3) is 1.92. The highest BCUT2D eigenvalue weighted by Gasteiger charge is 2.11. The summed E-state index contributed by atoms with van der Waals surface area (Å²) in [5.41, 5.74) is 2.21. The minimum absolute atomic E-state index is 0.331. The van der Waals surface area contributed by atoms with Crippen molar-refractivity contribution in [3.05, 3.63) is 28.4 Å². The SMILES string of the molecule is CC(O)Cc1cccc2c1c(Br)nn2C. The molecule has 1 heterocycles. The molecule has 0 saturated carbocycles. The van der Waals surface area contributed by atoms with Crippen LogP contribution in [0, 0.1) is 0 Å². The number of nitrogens with zero attached hydrogens (tertiary/aromatic N) is 2. The number of fused-ring (bicyclic) bond motifs is 1. The van der Waals surface area contributed by atoms with Gasteiger partial charge in [-0.05, 0) is 40.9 Å². The van der Waals surface area contributed by atoms with Crippen molar-refractivity contribution in [1.29, 1.82) is 0 Å². The van der Waals surface area contributed by atoms with Crippen LogP contribution >= 0.6 is 15.9 Å². The summed E-state index contributed by atoms with van der Waals surface area (Å²) in [5, 5.41) is 14.8. The number of halogens is 1. The summed E-state index contributed by atoms with van der Waals surface area (Å²) in [6, 6.07) is 6.05. The van der Waals surface area contributed by atoms with Crippen LogP contribution in [-0.2, 0) is 13.5 Å². The Kier molecular flexibility index (Phi) is 2.80. The van der Waals surface area contributed by atoms with Gasteiger partial charge in [0.1, 0.15) is 4.60 Å². The fourth-order valence-corrected chi connectivity index (χ4v) is 2.51. The van der Waals surface area contributed by atoms with Crippen LogP contribution < -0.4 is 0 Å². The Labute approximate surface area is 96.8 Å². The van der Waals surface area contributed by atoms with Gasteiger partial charge >= 0.3 is 0 Å². The second-order valence-electron chi connectivity index (χ2n) is 3.78. The molecule has 1 aromatic heterocycles. The molecule has 4 heteroatoms. The van der Waals surface area contributed by atoms with E-state index in [2.05, 4.69) is 21.0 Å². The van der Waals surface area contributed by atoms with Gasteiger partial charge in [-0.15, -0.1) is 0 Å². The summed E-state index contributed by atoms with van der Waals surface area (Å²) in [6.07, 6.45) is 0.324. The van der Waals surface area contributed by atoms with Gasteiger partial charge in [0.05, 0.1) is 11.6 Å². The molecular formula is C11H13BrN2O. The lowest BCUT2D eigenvalue weighted by molar-refractivity contribution is 0.196. The molecule has 0 aliphatic rings. The van der Waals surface area contributed by atoms with Crippen LogP contribution in [0.25, 0.3) is 10.9 Å². The number of aliphatic hydroxyl groups is 1. The molecule has 0 aliphatic heterocycles. The average Bonchev–Trinajstić information content (AvgIpc) is 2.43. The van der Waals surface area contributed by atoms with Crippen molar-refractivity contribution in [2.45, 2.75) is 19.4 Å². The van der Waals surface area contributed by atoms with E-state index in [1.54, 1.807) is 6.92 Å². The van der Waals surface area contributed by atoms with Crippen LogP contribution in [0.1, 0.15) is 12.5 Å². The van der Waals surface area contributed by atoms with Crippen molar-refractivity contribution in [3.8, 4) is 0 Å². The minimum atomic E-state index is -0.331. The smallest absolute Gasteiger partial charge is 0.136 e. The second-order valence-corrected chi connectivity index (χ2v) is 4.53. The van der Waals surface area contributed by atoms with Crippen LogP contribution in [0.5, 0.6) is 0 Å². The van der Waals surface area contributed by atoms with Gasteiger partial charge in [0.25, 0.3) is 0 Å². The number of rotatable bonds is 2. The standard InChI is InChI=1S/C11H13BrN2O/c1-7(15)6-8-4-3-5-9-10(8)11(12)13-14(9)2/h3-5,7,15H,6H2,1-2H3. The van der Waals surface area contributed by atoms with Crippen LogP contribution in [0.2, 0.25) is 0 Å². The van der Waals surface area contributed by atoms with E-state index in [9.17, 15) is 5.11 Å². The Morgan fingerprint density at radius 2 is 2.27 bits per heavy atom. The topological polar surface area (TPSA) is 38.1 Å². The Hall–Kier alpha value is -0.870. The van der Waals surface area contributed by atoms with E-state index < -0.39 is 0 Å². The molecule has 2 aromatic rings. The van der Waals surface area contributed by atoms with E-state index in [1.165, 1.54) is 0 Å².